The number of carbonyl (C=O) groups is 3. The third-order valence-corrected chi connectivity index (χ3v) is 4.67. The number of primary amides is 1. The van der Waals surface area contributed by atoms with E-state index in [-0.39, 0.29) is 11.3 Å². The van der Waals surface area contributed by atoms with Gasteiger partial charge in [-0.15, -0.1) is 11.8 Å². The Morgan fingerprint density at radius 1 is 1.45 bits per heavy atom. The summed E-state index contributed by atoms with van der Waals surface area (Å²) in [6, 6.07) is -2.22. The van der Waals surface area contributed by atoms with Crippen LogP contribution >= 0.6 is 11.8 Å². The molecule has 7 nitrogen and oxygen atoms in total. The summed E-state index contributed by atoms with van der Waals surface area (Å²) in [5.41, 5.74) is 5.25. The summed E-state index contributed by atoms with van der Waals surface area (Å²) in [5.74, 6) is -1.47. The first-order valence-electron chi connectivity index (χ1n) is 6.52. The summed E-state index contributed by atoms with van der Waals surface area (Å²) in [7, 11) is 0. The maximum atomic E-state index is 12.3. The fourth-order valence-corrected chi connectivity index (χ4v) is 3.46. The van der Waals surface area contributed by atoms with E-state index in [0.29, 0.717) is 12.2 Å². The molecule has 0 aromatic carbocycles. The second-order valence-corrected chi connectivity index (χ2v) is 6.24. The second-order valence-electron chi connectivity index (χ2n) is 5.03. The van der Waals surface area contributed by atoms with Crippen LogP contribution in [0, 0.1) is 5.92 Å². The summed E-state index contributed by atoms with van der Waals surface area (Å²) in [5, 5.41) is 11.5. The van der Waals surface area contributed by atoms with Gasteiger partial charge in [-0.3, -0.25) is 9.69 Å². The van der Waals surface area contributed by atoms with Gasteiger partial charge in [-0.25, -0.2) is 9.59 Å². The molecule has 1 aliphatic rings. The highest BCUT2D eigenvalue weighted by molar-refractivity contribution is 8.00. The number of hydrogen-bond donors (Lipinski definition) is 3. The largest absolute Gasteiger partial charge is 0.480 e. The predicted molar refractivity (Wildman–Crippen MR) is 76.2 cm³/mol. The van der Waals surface area contributed by atoms with Crippen LogP contribution in [0.25, 0.3) is 0 Å². The number of hydrogen-bond acceptors (Lipinski definition) is 4. The van der Waals surface area contributed by atoms with Crippen molar-refractivity contribution in [2.75, 3.05) is 5.75 Å². The zero-order chi connectivity index (χ0) is 15.4. The Labute approximate surface area is 122 Å². The number of carboxylic acid groups (broad SMARTS) is 1. The Bertz CT molecular complexity index is 402. The molecule has 0 aliphatic carbocycles. The van der Waals surface area contributed by atoms with Crippen LogP contribution in [-0.4, -0.2) is 51.1 Å². The Balaban J connectivity index is 2.86. The van der Waals surface area contributed by atoms with Crippen molar-refractivity contribution in [3.63, 3.8) is 0 Å². The summed E-state index contributed by atoms with van der Waals surface area (Å²) >= 11 is 1.43. The maximum Gasteiger partial charge on any atom is 0.327 e. The molecule has 1 heterocycles. The molecule has 1 fully saturated rings. The Morgan fingerprint density at radius 3 is 2.45 bits per heavy atom. The van der Waals surface area contributed by atoms with E-state index in [2.05, 4.69) is 5.32 Å². The zero-order valence-electron chi connectivity index (χ0n) is 11.8. The molecule has 1 rings (SSSR count). The summed E-state index contributed by atoms with van der Waals surface area (Å²) in [6.07, 6.45) is 0.644. The molecule has 0 aromatic rings. The Kier molecular flexibility index (Phi) is 5.67. The van der Waals surface area contributed by atoms with E-state index in [1.54, 1.807) is 13.8 Å². The molecule has 0 spiro atoms. The van der Waals surface area contributed by atoms with Crippen molar-refractivity contribution in [2.45, 2.75) is 44.6 Å². The topological polar surface area (TPSA) is 113 Å². The average molecular weight is 303 g/mol. The number of nitrogens with one attached hydrogen (secondary N) is 1. The van der Waals surface area contributed by atoms with Crippen LogP contribution in [0.4, 0.5) is 4.79 Å². The highest BCUT2D eigenvalue weighted by Gasteiger charge is 2.41. The number of thioether (sulfide) groups is 1. The zero-order valence-corrected chi connectivity index (χ0v) is 12.6. The highest BCUT2D eigenvalue weighted by Crippen LogP contribution is 2.31. The molecule has 0 saturated carbocycles. The van der Waals surface area contributed by atoms with Crippen molar-refractivity contribution >= 4 is 29.7 Å². The van der Waals surface area contributed by atoms with Crippen molar-refractivity contribution in [3.8, 4) is 0 Å². The number of urea groups is 1. The lowest BCUT2D eigenvalue weighted by Crippen LogP contribution is -2.56. The van der Waals surface area contributed by atoms with Crippen molar-refractivity contribution in [1.29, 1.82) is 0 Å². The molecule has 0 bridgehead atoms. The molecule has 0 aromatic heterocycles. The van der Waals surface area contributed by atoms with Crippen LogP contribution in [0.2, 0.25) is 0 Å². The number of carboxylic acids is 1. The number of amides is 3. The van der Waals surface area contributed by atoms with Gasteiger partial charge in [0.2, 0.25) is 5.91 Å². The SMILES string of the molecule is CCC1SCC(C(=O)O)N1C(=O)NC(C(N)=O)C(C)C. The Morgan fingerprint density at radius 2 is 2.05 bits per heavy atom. The standard InChI is InChI=1S/C12H21N3O4S/c1-4-8-15(7(5-20-8)11(17)18)12(19)14-9(6(2)3)10(13)16/h6-9H,4-5H2,1-3H3,(H2,13,16)(H,14,19)(H,17,18). The first-order chi connectivity index (χ1) is 9.29. The fraction of sp³-hybridized carbons (Fsp3) is 0.750. The van der Waals surface area contributed by atoms with Gasteiger partial charge < -0.3 is 16.2 Å². The number of nitrogens with two attached hydrogens (primary N) is 1. The molecule has 3 atom stereocenters. The molecule has 1 saturated heterocycles. The van der Waals surface area contributed by atoms with E-state index in [1.165, 1.54) is 16.7 Å². The van der Waals surface area contributed by atoms with Crippen molar-refractivity contribution in [2.24, 2.45) is 11.7 Å². The van der Waals surface area contributed by atoms with Gasteiger partial charge in [0.25, 0.3) is 0 Å². The van der Waals surface area contributed by atoms with Crippen LogP contribution in [0.1, 0.15) is 27.2 Å². The van der Waals surface area contributed by atoms with Gasteiger partial charge in [0.05, 0.1) is 5.37 Å². The van der Waals surface area contributed by atoms with E-state index in [0.717, 1.165) is 0 Å². The number of rotatable bonds is 5. The molecule has 20 heavy (non-hydrogen) atoms. The molecule has 114 valence electrons. The van der Waals surface area contributed by atoms with Crippen molar-refractivity contribution in [1.82, 2.24) is 10.2 Å². The van der Waals surface area contributed by atoms with Crippen LogP contribution in [0.3, 0.4) is 0 Å². The minimum atomic E-state index is -1.04. The summed E-state index contributed by atoms with van der Waals surface area (Å²) in [6.45, 7) is 5.41. The number of carbonyl (C=O) groups excluding carboxylic acids is 2. The summed E-state index contributed by atoms with van der Waals surface area (Å²) < 4.78 is 0. The maximum absolute atomic E-state index is 12.3. The smallest absolute Gasteiger partial charge is 0.327 e. The van der Waals surface area contributed by atoms with Gasteiger partial charge in [-0.2, -0.15) is 0 Å². The van der Waals surface area contributed by atoms with E-state index in [4.69, 9.17) is 5.73 Å². The minimum Gasteiger partial charge on any atom is -0.480 e. The van der Waals surface area contributed by atoms with Gasteiger partial charge in [-0.1, -0.05) is 20.8 Å². The first kappa shape index (κ1) is 16.6. The number of nitrogens with zero attached hydrogens (tertiary/aromatic N) is 1. The first-order valence-corrected chi connectivity index (χ1v) is 7.57. The van der Waals surface area contributed by atoms with Crippen LogP contribution in [-0.2, 0) is 9.59 Å². The van der Waals surface area contributed by atoms with Crippen molar-refractivity contribution < 1.29 is 19.5 Å². The van der Waals surface area contributed by atoms with Crippen molar-refractivity contribution in [3.05, 3.63) is 0 Å². The minimum absolute atomic E-state index is 0.157. The number of aliphatic carboxylic acids is 1. The molecule has 1 aliphatic heterocycles. The molecule has 3 amide bonds. The summed E-state index contributed by atoms with van der Waals surface area (Å²) in [4.78, 5) is 36.1. The lowest BCUT2D eigenvalue weighted by atomic mass is 10.0. The van der Waals surface area contributed by atoms with Gasteiger partial charge in [-0.05, 0) is 12.3 Å². The van der Waals surface area contributed by atoms with Gasteiger partial charge in [0, 0.05) is 5.75 Å². The normalized spacial score (nSPS) is 23.7. The van der Waals surface area contributed by atoms with E-state index >= 15 is 0 Å². The molecule has 3 unspecified atom stereocenters. The van der Waals surface area contributed by atoms with Crippen LogP contribution in [0.5, 0.6) is 0 Å². The third kappa shape index (κ3) is 3.56. The molecule has 4 N–H and O–H groups in total. The van der Waals surface area contributed by atoms with Crippen LogP contribution in [0.15, 0.2) is 0 Å². The van der Waals surface area contributed by atoms with E-state index < -0.39 is 30.0 Å². The van der Waals surface area contributed by atoms with E-state index in [1.807, 2.05) is 6.92 Å². The monoisotopic (exact) mass is 303 g/mol. The molecular formula is C12H21N3O4S. The predicted octanol–water partition coefficient (Wildman–Crippen LogP) is 0.444. The van der Waals surface area contributed by atoms with Crippen LogP contribution < -0.4 is 11.1 Å². The highest BCUT2D eigenvalue weighted by atomic mass is 32.2. The average Bonchev–Trinajstić information content (AvgIpc) is 2.78. The van der Waals surface area contributed by atoms with Gasteiger partial charge >= 0.3 is 12.0 Å². The van der Waals surface area contributed by atoms with Gasteiger partial charge in [0.1, 0.15) is 12.1 Å². The molecular weight excluding hydrogens is 282 g/mol. The second kappa shape index (κ2) is 6.83. The quantitative estimate of drug-likeness (QED) is 0.682. The molecule has 0 radical (unpaired) electrons. The van der Waals surface area contributed by atoms with E-state index in [9.17, 15) is 19.5 Å². The Hall–Kier alpha value is -1.44. The van der Waals surface area contributed by atoms with Gasteiger partial charge in [0.15, 0.2) is 0 Å². The lowest BCUT2D eigenvalue weighted by molar-refractivity contribution is -0.141. The molecule has 8 heteroatoms. The fourth-order valence-electron chi connectivity index (χ4n) is 2.11. The lowest BCUT2D eigenvalue weighted by Gasteiger charge is -2.29. The third-order valence-electron chi connectivity index (χ3n) is 3.21.